The zero-order valence-corrected chi connectivity index (χ0v) is 24.7. The van der Waals surface area contributed by atoms with Crippen LogP contribution >= 0.6 is 34.0 Å². The van der Waals surface area contributed by atoms with Crippen LogP contribution in [0.2, 0.25) is 0 Å². The molecule has 0 saturated heterocycles. The second kappa shape index (κ2) is 12.8. The lowest BCUT2D eigenvalue weighted by atomic mass is 10.1. The maximum atomic E-state index is 13.0. The van der Waals surface area contributed by atoms with Crippen LogP contribution < -0.4 is 10.8 Å². The molecule has 1 atom stereocenters. The highest BCUT2D eigenvalue weighted by molar-refractivity contribution is 7.17. The van der Waals surface area contributed by atoms with Crippen molar-refractivity contribution in [3.05, 3.63) is 38.0 Å². The highest BCUT2D eigenvalue weighted by Gasteiger charge is 2.26. The van der Waals surface area contributed by atoms with Gasteiger partial charge in [-0.1, -0.05) is 13.8 Å². The molecule has 0 spiro atoms. The number of aryl methyl sites for hydroxylation is 1. The zero-order chi connectivity index (χ0) is 28.0. The van der Waals surface area contributed by atoms with E-state index in [1.807, 2.05) is 46.1 Å². The molecule has 0 radical (unpaired) electrons. The average molecular weight is 580 g/mol. The maximum absolute atomic E-state index is 13.0. The molecule has 1 unspecified atom stereocenters. The Labute approximate surface area is 234 Å². The predicted octanol–water partition coefficient (Wildman–Crippen LogP) is 5.69. The van der Waals surface area contributed by atoms with Crippen molar-refractivity contribution in [2.45, 2.75) is 65.9 Å². The minimum Gasteiger partial charge on any atom is -0.444 e. The van der Waals surface area contributed by atoms with E-state index in [4.69, 9.17) is 9.94 Å². The first-order valence-electron chi connectivity index (χ1n) is 12.1. The Kier molecular flexibility index (Phi) is 9.99. The molecule has 0 aromatic carbocycles. The first-order chi connectivity index (χ1) is 17.9. The minimum absolute atomic E-state index is 0.0771. The molecule has 206 valence electrons. The lowest BCUT2D eigenvalue weighted by Gasteiger charge is -2.28. The lowest BCUT2D eigenvalue weighted by Crippen LogP contribution is -2.39. The van der Waals surface area contributed by atoms with E-state index in [-0.39, 0.29) is 24.3 Å². The number of hydroxylamine groups is 1. The third-order valence-corrected chi connectivity index (χ3v) is 8.43. The maximum Gasteiger partial charge on any atom is 0.410 e. The Bertz CT molecular complexity index is 1280. The number of anilines is 1. The SMILES string of the molecule is CCCN(CC(C)c1nc(C)c(C(=O)Nc2nc(-c3ccc(CC(=O)NO)s3)cs2)s1)C(=O)OC(C)(C)C. The summed E-state index contributed by atoms with van der Waals surface area (Å²) in [6, 6.07) is 3.66. The number of rotatable bonds is 10. The van der Waals surface area contributed by atoms with Crippen LogP contribution in [0.5, 0.6) is 0 Å². The number of hydrogen-bond donors (Lipinski definition) is 3. The summed E-state index contributed by atoms with van der Waals surface area (Å²) < 4.78 is 5.55. The fraction of sp³-hybridized carbons (Fsp3) is 0.480. The number of hydrogen-bond acceptors (Lipinski definition) is 10. The quantitative estimate of drug-likeness (QED) is 0.208. The fourth-order valence-corrected chi connectivity index (χ4v) is 6.26. The highest BCUT2D eigenvalue weighted by atomic mass is 32.1. The minimum atomic E-state index is -0.576. The van der Waals surface area contributed by atoms with Gasteiger partial charge in [-0.25, -0.2) is 20.2 Å². The van der Waals surface area contributed by atoms with Crippen LogP contribution in [0.25, 0.3) is 10.6 Å². The van der Waals surface area contributed by atoms with E-state index < -0.39 is 11.5 Å². The van der Waals surface area contributed by atoms with Gasteiger partial charge in [0.1, 0.15) is 10.5 Å². The summed E-state index contributed by atoms with van der Waals surface area (Å²) in [4.78, 5) is 50.0. The van der Waals surface area contributed by atoms with Gasteiger partial charge in [0.15, 0.2) is 5.13 Å². The number of amides is 3. The van der Waals surface area contributed by atoms with E-state index in [1.54, 1.807) is 23.4 Å². The topological polar surface area (TPSA) is 134 Å². The van der Waals surface area contributed by atoms with Gasteiger partial charge >= 0.3 is 6.09 Å². The summed E-state index contributed by atoms with van der Waals surface area (Å²) in [5, 5.41) is 14.6. The van der Waals surface area contributed by atoms with E-state index in [2.05, 4.69) is 15.3 Å². The van der Waals surface area contributed by atoms with Crippen LogP contribution in [0.15, 0.2) is 17.5 Å². The van der Waals surface area contributed by atoms with E-state index in [9.17, 15) is 14.4 Å². The van der Waals surface area contributed by atoms with Crippen LogP contribution in [0.3, 0.4) is 0 Å². The molecule has 3 amide bonds. The summed E-state index contributed by atoms with van der Waals surface area (Å²) in [5.74, 6) is -0.851. The summed E-state index contributed by atoms with van der Waals surface area (Å²) in [6.07, 6.45) is 0.525. The summed E-state index contributed by atoms with van der Waals surface area (Å²) in [5.41, 5.74) is 2.36. The van der Waals surface area contributed by atoms with Crippen LogP contribution in [-0.2, 0) is 16.0 Å². The van der Waals surface area contributed by atoms with Crippen molar-refractivity contribution in [2.24, 2.45) is 0 Å². The number of aromatic nitrogens is 2. The smallest absolute Gasteiger partial charge is 0.410 e. The van der Waals surface area contributed by atoms with Crippen molar-refractivity contribution in [1.29, 1.82) is 0 Å². The van der Waals surface area contributed by atoms with Crippen LogP contribution in [0.4, 0.5) is 9.93 Å². The molecule has 13 heteroatoms. The summed E-state index contributed by atoms with van der Waals surface area (Å²) >= 11 is 4.01. The predicted molar refractivity (Wildman–Crippen MR) is 150 cm³/mol. The molecule has 0 saturated carbocycles. The Balaban J connectivity index is 1.66. The van der Waals surface area contributed by atoms with Gasteiger partial charge in [0.25, 0.3) is 5.91 Å². The number of thiophene rings is 1. The average Bonchev–Trinajstić information content (AvgIpc) is 3.57. The van der Waals surface area contributed by atoms with E-state index in [0.717, 1.165) is 21.2 Å². The Morgan fingerprint density at radius 1 is 1.18 bits per heavy atom. The molecule has 0 fully saturated rings. The van der Waals surface area contributed by atoms with Gasteiger partial charge in [-0.3, -0.25) is 20.1 Å². The molecule has 3 heterocycles. The van der Waals surface area contributed by atoms with E-state index >= 15 is 0 Å². The van der Waals surface area contributed by atoms with Crippen LogP contribution in [0.1, 0.15) is 72.2 Å². The monoisotopic (exact) mass is 579 g/mol. The third-order valence-electron chi connectivity index (χ3n) is 5.18. The zero-order valence-electron chi connectivity index (χ0n) is 22.3. The summed E-state index contributed by atoms with van der Waals surface area (Å²) in [6.45, 7) is 12.3. The normalized spacial score (nSPS) is 12.2. The van der Waals surface area contributed by atoms with Crippen molar-refractivity contribution in [2.75, 3.05) is 18.4 Å². The van der Waals surface area contributed by atoms with Gasteiger partial charge in [0.2, 0.25) is 5.91 Å². The second-order valence-electron chi connectivity index (χ2n) is 9.76. The molecule has 0 aliphatic heterocycles. The van der Waals surface area contributed by atoms with Gasteiger partial charge in [0.05, 0.1) is 27.7 Å². The number of ether oxygens (including phenoxy) is 1. The van der Waals surface area contributed by atoms with Gasteiger partial charge < -0.3 is 9.64 Å². The van der Waals surface area contributed by atoms with Gasteiger partial charge in [-0.2, -0.15) is 0 Å². The molecule has 0 aliphatic rings. The molecular formula is C25H33N5O5S3. The van der Waals surface area contributed by atoms with Crippen molar-refractivity contribution in [3.8, 4) is 10.6 Å². The largest absolute Gasteiger partial charge is 0.444 e. The molecular weight excluding hydrogens is 547 g/mol. The van der Waals surface area contributed by atoms with Crippen molar-refractivity contribution >= 4 is 57.0 Å². The number of thiazole rings is 2. The number of nitrogens with one attached hydrogen (secondary N) is 2. The van der Waals surface area contributed by atoms with Crippen molar-refractivity contribution in [1.82, 2.24) is 20.3 Å². The third kappa shape index (κ3) is 8.06. The second-order valence-corrected chi connectivity index (χ2v) is 12.8. The Morgan fingerprint density at radius 2 is 1.92 bits per heavy atom. The van der Waals surface area contributed by atoms with Gasteiger partial charge in [-0.05, 0) is 46.2 Å². The highest BCUT2D eigenvalue weighted by Crippen LogP contribution is 2.32. The molecule has 3 aromatic heterocycles. The van der Waals surface area contributed by atoms with Crippen molar-refractivity contribution in [3.63, 3.8) is 0 Å². The molecule has 3 N–H and O–H groups in total. The molecule has 38 heavy (non-hydrogen) atoms. The first kappa shape index (κ1) is 29.7. The fourth-order valence-electron chi connectivity index (χ4n) is 3.51. The Hall–Kier alpha value is -2.87. The van der Waals surface area contributed by atoms with E-state index in [1.165, 1.54) is 34.0 Å². The summed E-state index contributed by atoms with van der Waals surface area (Å²) in [7, 11) is 0. The van der Waals surface area contributed by atoms with Crippen LogP contribution in [-0.4, -0.2) is 56.7 Å². The molecule has 0 bridgehead atoms. The van der Waals surface area contributed by atoms with Crippen molar-refractivity contribution < 1.29 is 24.3 Å². The number of carbonyl (C=O) groups excluding carboxylic acids is 3. The first-order valence-corrected chi connectivity index (χ1v) is 14.7. The lowest BCUT2D eigenvalue weighted by molar-refractivity contribution is -0.128. The molecule has 3 rings (SSSR count). The van der Waals surface area contributed by atoms with Gasteiger partial charge in [0, 0.05) is 29.3 Å². The number of carbonyl (C=O) groups is 3. The molecule has 3 aromatic rings. The molecule has 10 nitrogen and oxygen atoms in total. The number of nitrogens with zero attached hydrogens (tertiary/aromatic N) is 3. The molecule has 0 aliphatic carbocycles. The van der Waals surface area contributed by atoms with Crippen LogP contribution in [0, 0.1) is 6.92 Å². The van der Waals surface area contributed by atoms with Gasteiger partial charge in [-0.15, -0.1) is 34.0 Å². The Morgan fingerprint density at radius 3 is 2.58 bits per heavy atom. The van der Waals surface area contributed by atoms with E-state index in [0.29, 0.717) is 34.5 Å². The standard InChI is InChI=1S/C25H33N5O5S3/c1-7-10-30(24(33)35-25(4,5)6)12-14(2)22-26-15(3)20(38-22)21(32)28-23-27-17(13-36-23)18-9-8-16(37-18)11-19(31)29-34/h8-9,13-14,34H,7,10-12H2,1-6H3,(H,29,31)(H,27,28,32).